The van der Waals surface area contributed by atoms with Gasteiger partial charge in [-0.25, -0.2) is 8.78 Å². The van der Waals surface area contributed by atoms with E-state index in [2.05, 4.69) is 0 Å². The van der Waals surface area contributed by atoms with E-state index in [0.29, 0.717) is 13.0 Å². The number of alkyl halides is 1. The first-order valence-electron chi connectivity index (χ1n) is 5.27. The summed E-state index contributed by atoms with van der Waals surface area (Å²) in [6, 6.07) is 4.78. The van der Waals surface area contributed by atoms with Crippen LogP contribution in [0.25, 0.3) is 0 Å². The van der Waals surface area contributed by atoms with Gasteiger partial charge in [-0.3, -0.25) is 0 Å². The van der Waals surface area contributed by atoms with E-state index >= 15 is 0 Å². The summed E-state index contributed by atoms with van der Waals surface area (Å²) in [5.74, 6) is -0.253. The summed E-state index contributed by atoms with van der Waals surface area (Å²) < 4.78 is 26.5. The summed E-state index contributed by atoms with van der Waals surface area (Å²) in [5.41, 5.74) is 1.75. The highest BCUT2D eigenvalue weighted by atomic mass is 19.1. The second kappa shape index (κ2) is 3.80. The standard InChI is InChI=1S/C12H15F2N/c1-8(2)15-7-11(14)5-9-3-4-10(13)6-12(9)15/h3-4,6,8,11H,5,7H2,1-2H3. The Morgan fingerprint density at radius 3 is 2.80 bits per heavy atom. The predicted molar refractivity (Wildman–Crippen MR) is 57.5 cm³/mol. The molecule has 2 rings (SSSR count). The van der Waals surface area contributed by atoms with Crippen LogP contribution in [0.4, 0.5) is 14.5 Å². The fraction of sp³-hybridized carbons (Fsp3) is 0.500. The van der Waals surface area contributed by atoms with Gasteiger partial charge in [-0.2, -0.15) is 0 Å². The molecule has 1 aromatic rings. The van der Waals surface area contributed by atoms with Crippen molar-refractivity contribution in [1.29, 1.82) is 0 Å². The molecule has 0 radical (unpaired) electrons. The largest absolute Gasteiger partial charge is 0.366 e. The Bertz CT molecular complexity index is 363. The van der Waals surface area contributed by atoms with Crippen molar-refractivity contribution in [2.45, 2.75) is 32.5 Å². The van der Waals surface area contributed by atoms with E-state index in [-0.39, 0.29) is 11.9 Å². The van der Waals surface area contributed by atoms with E-state index in [4.69, 9.17) is 0 Å². The minimum atomic E-state index is -0.842. The molecular weight excluding hydrogens is 196 g/mol. The van der Waals surface area contributed by atoms with Crippen LogP contribution in [0.2, 0.25) is 0 Å². The van der Waals surface area contributed by atoms with Gasteiger partial charge >= 0.3 is 0 Å². The molecule has 3 heteroatoms. The lowest BCUT2D eigenvalue weighted by Gasteiger charge is -2.36. The monoisotopic (exact) mass is 211 g/mol. The minimum absolute atomic E-state index is 0.198. The quantitative estimate of drug-likeness (QED) is 0.690. The summed E-state index contributed by atoms with van der Waals surface area (Å²) in [6.45, 7) is 4.35. The molecule has 0 saturated heterocycles. The molecule has 1 aliphatic rings. The highest BCUT2D eigenvalue weighted by Gasteiger charge is 2.25. The van der Waals surface area contributed by atoms with Crippen molar-refractivity contribution in [3.8, 4) is 0 Å². The van der Waals surface area contributed by atoms with Gasteiger partial charge in [0, 0.05) is 24.7 Å². The molecule has 0 amide bonds. The molecule has 0 aromatic heterocycles. The molecule has 0 aliphatic carbocycles. The summed E-state index contributed by atoms with van der Waals surface area (Å²) in [4.78, 5) is 1.92. The SMILES string of the molecule is CC(C)N1CC(F)Cc2ccc(F)cc21. The number of anilines is 1. The van der Waals surface area contributed by atoms with Gasteiger partial charge in [-0.15, -0.1) is 0 Å². The Morgan fingerprint density at radius 2 is 2.13 bits per heavy atom. The first kappa shape index (κ1) is 10.4. The number of hydrogen-bond acceptors (Lipinski definition) is 1. The third kappa shape index (κ3) is 1.96. The summed E-state index contributed by atoms with van der Waals surface area (Å²) in [7, 11) is 0. The second-order valence-corrected chi connectivity index (χ2v) is 4.32. The third-order valence-electron chi connectivity index (χ3n) is 2.82. The molecule has 0 fully saturated rings. The summed E-state index contributed by atoms with van der Waals surface area (Å²) in [6.07, 6.45) is -0.441. The zero-order valence-corrected chi connectivity index (χ0v) is 9.00. The lowest BCUT2D eigenvalue weighted by Crippen LogP contribution is -2.41. The second-order valence-electron chi connectivity index (χ2n) is 4.32. The van der Waals surface area contributed by atoms with E-state index in [0.717, 1.165) is 11.3 Å². The van der Waals surface area contributed by atoms with Crippen LogP contribution < -0.4 is 4.90 Å². The van der Waals surface area contributed by atoms with Crippen LogP contribution in [0.5, 0.6) is 0 Å². The van der Waals surface area contributed by atoms with Gasteiger partial charge in [0.2, 0.25) is 0 Å². The predicted octanol–water partition coefficient (Wildman–Crippen LogP) is 2.93. The lowest BCUT2D eigenvalue weighted by atomic mass is 9.99. The highest BCUT2D eigenvalue weighted by Crippen LogP contribution is 2.30. The molecule has 0 bridgehead atoms. The first-order valence-corrected chi connectivity index (χ1v) is 5.27. The average Bonchev–Trinajstić information content (AvgIpc) is 2.17. The van der Waals surface area contributed by atoms with Crippen LogP contribution in [-0.4, -0.2) is 18.8 Å². The van der Waals surface area contributed by atoms with Crippen molar-refractivity contribution in [2.75, 3.05) is 11.4 Å². The van der Waals surface area contributed by atoms with Gasteiger partial charge in [0.1, 0.15) is 12.0 Å². The van der Waals surface area contributed by atoms with Crippen LogP contribution in [-0.2, 0) is 6.42 Å². The highest BCUT2D eigenvalue weighted by molar-refractivity contribution is 5.57. The molecule has 1 atom stereocenters. The van der Waals surface area contributed by atoms with Gasteiger partial charge in [0.25, 0.3) is 0 Å². The first-order chi connectivity index (χ1) is 7.08. The molecule has 0 saturated carbocycles. The van der Waals surface area contributed by atoms with E-state index in [1.54, 1.807) is 6.07 Å². The number of halogens is 2. The van der Waals surface area contributed by atoms with Crippen molar-refractivity contribution >= 4 is 5.69 Å². The molecule has 82 valence electrons. The maximum atomic E-state index is 13.4. The summed E-state index contributed by atoms with van der Waals surface area (Å²) in [5, 5.41) is 0. The molecule has 1 aromatic carbocycles. The van der Waals surface area contributed by atoms with Crippen LogP contribution in [0.15, 0.2) is 18.2 Å². The van der Waals surface area contributed by atoms with Crippen LogP contribution in [0.3, 0.4) is 0 Å². The Morgan fingerprint density at radius 1 is 1.40 bits per heavy atom. The molecule has 1 heterocycles. The van der Waals surface area contributed by atoms with Crippen molar-refractivity contribution in [1.82, 2.24) is 0 Å². The Hall–Kier alpha value is -1.12. The van der Waals surface area contributed by atoms with Crippen molar-refractivity contribution in [3.63, 3.8) is 0 Å². The van der Waals surface area contributed by atoms with E-state index in [1.165, 1.54) is 12.1 Å². The fourth-order valence-electron chi connectivity index (χ4n) is 2.08. The molecule has 0 spiro atoms. The topological polar surface area (TPSA) is 3.24 Å². The van der Waals surface area contributed by atoms with Crippen LogP contribution >= 0.6 is 0 Å². The van der Waals surface area contributed by atoms with Crippen molar-refractivity contribution in [3.05, 3.63) is 29.6 Å². The Labute approximate surface area is 88.7 Å². The molecule has 1 aliphatic heterocycles. The average molecular weight is 211 g/mol. The normalized spacial score (nSPS) is 20.6. The zero-order chi connectivity index (χ0) is 11.0. The van der Waals surface area contributed by atoms with Gasteiger partial charge in [0.05, 0.1) is 0 Å². The third-order valence-corrected chi connectivity index (χ3v) is 2.82. The number of fused-ring (bicyclic) bond motifs is 1. The van der Waals surface area contributed by atoms with Crippen LogP contribution in [0.1, 0.15) is 19.4 Å². The molecule has 0 N–H and O–H groups in total. The van der Waals surface area contributed by atoms with Gasteiger partial charge in [-0.05, 0) is 31.5 Å². The minimum Gasteiger partial charge on any atom is -0.366 e. The van der Waals surface area contributed by atoms with Gasteiger partial charge in [0.15, 0.2) is 0 Å². The van der Waals surface area contributed by atoms with Crippen LogP contribution in [0, 0.1) is 5.82 Å². The van der Waals surface area contributed by atoms with E-state index in [1.807, 2.05) is 18.7 Å². The number of nitrogens with zero attached hydrogens (tertiary/aromatic N) is 1. The summed E-state index contributed by atoms with van der Waals surface area (Å²) >= 11 is 0. The van der Waals surface area contributed by atoms with Crippen molar-refractivity contribution in [2.24, 2.45) is 0 Å². The van der Waals surface area contributed by atoms with E-state index < -0.39 is 6.17 Å². The lowest BCUT2D eigenvalue weighted by molar-refractivity contribution is 0.317. The smallest absolute Gasteiger partial charge is 0.125 e. The maximum Gasteiger partial charge on any atom is 0.125 e. The molecule has 15 heavy (non-hydrogen) atoms. The number of benzene rings is 1. The molecular formula is C12H15F2N. The van der Waals surface area contributed by atoms with E-state index in [9.17, 15) is 8.78 Å². The Kier molecular flexibility index (Phi) is 2.63. The fourth-order valence-corrected chi connectivity index (χ4v) is 2.08. The molecule has 1 unspecified atom stereocenters. The Balaban J connectivity index is 2.43. The maximum absolute atomic E-state index is 13.4. The zero-order valence-electron chi connectivity index (χ0n) is 9.00. The van der Waals surface area contributed by atoms with Gasteiger partial charge in [-0.1, -0.05) is 6.07 Å². The van der Waals surface area contributed by atoms with Gasteiger partial charge < -0.3 is 4.90 Å². The number of rotatable bonds is 1. The molecule has 1 nitrogen and oxygen atoms in total. The van der Waals surface area contributed by atoms with Crippen molar-refractivity contribution < 1.29 is 8.78 Å². The number of hydrogen-bond donors (Lipinski definition) is 0.